The number of hydrogen-bond donors (Lipinski definition) is 1. The molecule has 0 aromatic heterocycles. The molecule has 2 aromatic carbocycles. The molecule has 0 aliphatic heterocycles. The van der Waals surface area contributed by atoms with E-state index >= 15 is 0 Å². The minimum Gasteiger partial charge on any atom is -0.399 e. The highest BCUT2D eigenvalue weighted by atomic mass is 14.5. The van der Waals surface area contributed by atoms with Crippen LogP contribution in [-0.4, -0.2) is 0 Å². The highest BCUT2D eigenvalue weighted by Crippen LogP contribution is 2.08. The van der Waals surface area contributed by atoms with Gasteiger partial charge in [-0.1, -0.05) is 43.7 Å². The van der Waals surface area contributed by atoms with E-state index in [0.717, 1.165) is 23.2 Å². The number of nitrogen functional groups attached to an aromatic ring is 1. The zero-order valence-electron chi connectivity index (χ0n) is 13.0. The van der Waals surface area contributed by atoms with E-state index in [-0.39, 0.29) is 0 Å². The minimum atomic E-state index is 0.746. The van der Waals surface area contributed by atoms with Crippen LogP contribution in [0.4, 0.5) is 5.69 Å². The summed E-state index contributed by atoms with van der Waals surface area (Å²) in [5.74, 6) is 11.8. The number of hydrogen-bond acceptors (Lipinski definition) is 1. The van der Waals surface area contributed by atoms with Crippen molar-refractivity contribution in [3.63, 3.8) is 0 Å². The zero-order chi connectivity index (χ0) is 15.6. The van der Waals surface area contributed by atoms with Gasteiger partial charge in [0.05, 0.1) is 0 Å². The molecule has 2 N–H and O–H groups in total. The van der Waals surface area contributed by atoms with Gasteiger partial charge in [0.25, 0.3) is 0 Å². The third-order valence-electron chi connectivity index (χ3n) is 3.41. The van der Waals surface area contributed by atoms with Gasteiger partial charge in [-0.2, -0.15) is 0 Å². The molecule has 0 saturated heterocycles. The maximum absolute atomic E-state index is 5.63. The summed E-state index contributed by atoms with van der Waals surface area (Å²) in [6, 6.07) is 15.9. The van der Waals surface area contributed by atoms with Crippen LogP contribution < -0.4 is 5.73 Å². The molecule has 0 unspecified atom stereocenters. The number of unbranched alkanes of at least 4 members (excludes halogenated alkanes) is 2. The fraction of sp³-hybridized carbons (Fsp3) is 0.238. The van der Waals surface area contributed by atoms with Crippen LogP contribution in [0.15, 0.2) is 48.5 Å². The van der Waals surface area contributed by atoms with Crippen LogP contribution in [-0.2, 0) is 6.42 Å². The average molecular weight is 287 g/mol. The van der Waals surface area contributed by atoms with E-state index in [1.807, 2.05) is 24.3 Å². The number of aryl methyl sites for hydroxylation is 1. The second-order valence-corrected chi connectivity index (χ2v) is 5.28. The molecule has 0 radical (unpaired) electrons. The minimum absolute atomic E-state index is 0.746. The quantitative estimate of drug-likeness (QED) is 0.503. The van der Waals surface area contributed by atoms with Crippen LogP contribution in [0.25, 0.3) is 0 Å². The molecule has 2 rings (SSSR count). The topological polar surface area (TPSA) is 26.0 Å². The Kier molecular flexibility index (Phi) is 6.16. The predicted octanol–water partition coefficient (Wildman–Crippen LogP) is 4.40. The third kappa shape index (κ3) is 5.39. The first-order chi connectivity index (χ1) is 10.8. The highest BCUT2D eigenvalue weighted by Gasteiger charge is 1.93. The fourth-order valence-electron chi connectivity index (χ4n) is 2.11. The van der Waals surface area contributed by atoms with Gasteiger partial charge in [-0.15, -0.1) is 0 Å². The van der Waals surface area contributed by atoms with Gasteiger partial charge >= 0.3 is 0 Å². The van der Waals surface area contributed by atoms with E-state index in [9.17, 15) is 0 Å². The Morgan fingerprint density at radius 1 is 0.773 bits per heavy atom. The van der Waals surface area contributed by atoms with Crippen LogP contribution in [0.2, 0.25) is 0 Å². The monoisotopic (exact) mass is 287 g/mol. The lowest BCUT2D eigenvalue weighted by atomic mass is 10.1. The van der Waals surface area contributed by atoms with Crippen LogP contribution in [0.1, 0.15) is 42.9 Å². The van der Waals surface area contributed by atoms with Gasteiger partial charge in [-0.05, 0) is 66.6 Å². The number of rotatable bonds is 4. The van der Waals surface area contributed by atoms with Crippen LogP contribution in [0.5, 0.6) is 0 Å². The van der Waals surface area contributed by atoms with E-state index in [4.69, 9.17) is 5.73 Å². The Bertz CT molecular complexity index is 701. The second-order valence-electron chi connectivity index (χ2n) is 5.28. The van der Waals surface area contributed by atoms with Crippen molar-refractivity contribution < 1.29 is 0 Å². The Balaban J connectivity index is 1.93. The van der Waals surface area contributed by atoms with Crippen molar-refractivity contribution in [2.75, 3.05) is 5.73 Å². The van der Waals surface area contributed by atoms with Crippen molar-refractivity contribution in [1.29, 1.82) is 0 Å². The van der Waals surface area contributed by atoms with Crippen molar-refractivity contribution in [2.24, 2.45) is 0 Å². The lowest BCUT2D eigenvalue weighted by Crippen LogP contribution is -1.85. The first kappa shape index (κ1) is 15.7. The molecule has 0 heterocycles. The number of anilines is 1. The summed E-state index contributed by atoms with van der Waals surface area (Å²) in [5.41, 5.74) is 9.69. The van der Waals surface area contributed by atoms with Gasteiger partial charge in [0.15, 0.2) is 0 Å². The van der Waals surface area contributed by atoms with E-state index in [1.54, 1.807) is 0 Å². The maximum Gasteiger partial charge on any atom is 0.0314 e. The molecule has 0 spiro atoms. The summed E-state index contributed by atoms with van der Waals surface area (Å²) in [7, 11) is 0. The van der Waals surface area contributed by atoms with Crippen molar-refractivity contribution >= 4 is 5.69 Å². The Morgan fingerprint density at radius 2 is 1.32 bits per heavy atom. The Hall–Kier alpha value is -2.64. The molecular weight excluding hydrogens is 266 g/mol. The summed E-state index contributed by atoms with van der Waals surface area (Å²) in [6.45, 7) is 2.23. The van der Waals surface area contributed by atoms with E-state index < -0.39 is 0 Å². The smallest absolute Gasteiger partial charge is 0.0314 e. The molecule has 1 heteroatoms. The van der Waals surface area contributed by atoms with E-state index in [1.165, 1.54) is 24.8 Å². The highest BCUT2D eigenvalue weighted by molar-refractivity contribution is 5.48. The molecule has 0 bridgehead atoms. The third-order valence-corrected chi connectivity index (χ3v) is 3.41. The second kappa shape index (κ2) is 8.60. The maximum atomic E-state index is 5.63. The summed E-state index contributed by atoms with van der Waals surface area (Å²) in [5, 5.41) is 0. The fourth-order valence-corrected chi connectivity index (χ4v) is 2.11. The largest absolute Gasteiger partial charge is 0.399 e. The van der Waals surface area contributed by atoms with Crippen LogP contribution in [0.3, 0.4) is 0 Å². The summed E-state index contributed by atoms with van der Waals surface area (Å²) in [4.78, 5) is 0. The van der Waals surface area contributed by atoms with Crippen molar-refractivity contribution in [3.05, 3.63) is 65.2 Å². The standard InChI is InChI=1S/C21H21N/c1-2-3-4-7-18-10-12-19(13-11-18)8-5-6-9-20-14-16-21(22)17-15-20/h10-17H,2-4,7,22H2,1H3. The molecule has 22 heavy (non-hydrogen) atoms. The average Bonchev–Trinajstić information content (AvgIpc) is 2.55. The van der Waals surface area contributed by atoms with Gasteiger partial charge in [-0.3, -0.25) is 0 Å². The van der Waals surface area contributed by atoms with Gasteiger partial charge in [0.1, 0.15) is 0 Å². The molecule has 1 nitrogen and oxygen atoms in total. The van der Waals surface area contributed by atoms with Gasteiger partial charge in [0.2, 0.25) is 0 Å². The summed E-state index contributed by atoms with van der Waals surface area (Å²) < 4.78 is 0. The van der Waals surface area contributed by atoms with Crippen LogP contribution in [0, 0.1) is 23.7 Å². The first-order valence-electron chi connectivity index (χ1n) is 7.74. The molecule has 0 fully saturated rings. The molecule has 2 aromatic rings. The van der Waals surface area contributed by atoms with E-state index in [2.05, 4.69) is 54.9 Å². The van der Waals surface area contributed by atoms with E-state index in [0.29, 0.717) is 0 Å². The van der Waals surface area contributed by atoms with Crippen molar-refractivity contribution in [3.8, 4) is 23.7 Å². The molecule has 0 aliphatic carbocycles. The zero-order valence-corrected chi connectivity index (χ0v) is 13.0. The molecule has 0 aliphatic rings. The first-order valence-corrected chi connectivity index (χ1v) is 7.74. The van der Waals surface area contributed by atoms with Crippen molar-refractivity contribution in [2.45, 2.75) is 32.6 Å². The van der Waals surface area contributed by atoms with Gasteiger partial charge in [0, 0.05) is 16.8 Å². The molecule has 0 saturated carbocycles. The normalized spacial score (nSPS) is 9.32. The van der Waals surface area contributed by atoms with Crippen molar-refractivity contribution in [1.82, 2.24) is 0 Å². The molecular formula is C21H21N. The van der Waals surface area contributed by atoms with Gasteiger partial charge < -0.3 is 5.73 Å². The molecule has 0 amide bonds. The number of benzene rings is 2. The lowest BCUT2D eigenvalue weighted by Gasteiger charge is -2.00. The SMILES string of the molecule is CCCCCc1ccc(C#CC#Cc2ccc(N)cc2)cc1. The summed E-state index contributed by atoms with van der Waals surface area (Å²) in [6.07, 6.45) is 4.96. The Labute approximate surface area is 133 Å². The Morgan fingerprint density at radius 3 is 1.86 bits per heavy atom. The summed E-state index contributed by atoms with van der Waals surface area (Å²) >= 11 is 0. The lowest BCUT2D eigenvalue weighted by molar-refractivity contribution is 0.717. The molecule has 110 valence electrons. The van der Waals surface area contributed by atoms with Gasteiger partial charge in [-0.25, -0.2) is 0 Å². The van der Waals surface area contributed by atoms with Crippen LogP contribution >= 0.6 is 0 Å². The number of nitrogens with two attached hydrogens (primary N) is 1. The predicted molar refractivity (Wildman–Crippen MR) is 94.3 cm³/mol. The molecule has 0 atom stereocenters.